The van der Waals surface area contributed by atoms with E-state index in [1.807, 2.05) is 0 Å². The van der Waals surface area contributed by atoms with Crippen LogP contribution in [-0.2, 0) is 9.47 Å². The molecule has 1 aliphatic heterocycles. The minimum atomic E-state index is -0.139. The molecular weight excluding hydrogens is 200 g/mol. The van der Waals surface area contributed by atoms with Gasteiger partial charge in [0.1, 0.15) is 0 Å². The van der Waals surface area contributed by atoms with Gasteiger partial charge in [0.15, 0.2) is 5.79 Å². The van der Waals surface area contributed by atoms with Gasteiger partial charge < -0.3 is 9.47 Å². The molecule has 90 valence electrons. The first-order chi connectivity index (χ1) is 7.76. The summed E-state index contributed by atoms with van der Waals surface area (Å²) in [6.07, 6.45) is 7.00. The van der Waals surface area contributed by atoms with Crippen LogP contribution < -0.4 is 0 Å². The van der Waals surface area contributed by atoms with Crippen LogP contribution in [0.1, 0.15) is 39.0 Å². The first-order valence-corrected chi connectivity index (χ1v) is 7.04. The maximum atomic E-state index is 6.23. The average molecular weight is 222 g/mol. The number of ether oxygens (including phenoxy) is 2. The van der Waals surface area contributed by atoms with Crippen LogP contribution in [0.15, 0.2) is 0 Å². The van der Waals surface area contributed by atoms with Crippen molar-refractivity contribution in [3.8, 4) is 0 Å². The summed E-state index contributed by atoms with van der Waals surface area (Å²) >= 11 is 0. The van der Waals surface area contributed by atoms with E-state index in [0.29, 0.717) is 5.92 Å². The Balaban J connectivity index is 1.64. The summed E-state index contributed by atoms with van der Waals surface area (Å²) in [6.45, 7) is 4.06. The Kier molecular flexibility index (Phi) is 2.00. The molecule has 0 aromatic rings. The van der Waals surface area contributed by atoms with Crippen molar-refractivity contribution >= 4 is 0 Å². The molecule has 0 aromatic heterocycles. The summed E-state index contributed by atoms with van der Waals surface area (Å²) in [5.41, 5.74) is 0. The van der Waals surface area contributed by atoms with Gasteiger partial charge in [-0.3, -0.25) is 0 Å². The summed E-state index contributed by atoms with van der Waals surface area (Å²) in [7, 11) is 0. The third-order valence-electron chi connectivity index (χ3n) is 5.46. The smallest absolute Gasteiger partial charge is 0.173 e. The highest BCUT2D eigenvalue weighted by molar-refractivity contribution is 5.04. The van der Waals surface area contributed by atoms with E-state index in [1.165, 1.54) is 32.1 Å². The minimum Gasteiger partial charge on any atom is -0.349 e. The Labute approximate surface area is 97.7 Å². The van der Waals surface area contributed by atoms with Crippen molar-refractivity contribution in [2.45, 2.75) is 44.8 Å². The molecule has 1 heterocycles. The first-order valence-electron chi connectivity index (χ1n) is 7.04. The summed E-state index contributed by atoms with van der Waals surface area (Å²) in [6, 6.07) is 0. The van der Waals surface area contributed by atoms with E-state index < -0.39 is 0 Å². The number of hydrogen-bond donors (Lipinski definition) is 0. The van der Waals surface area contributed by atoms with E-state index in [-0.39, 0.29) is 5.79 Å². The molecule has 0 aromatic carbocycles. The standard InChI is InChI=1S/C14H22O2/c1-9-7-15-14(16-8-9)12-3-10-2-11(5-12)6-13(14)4-10/h9-13H,2-8H2,1H3. The zero-order valence-corrected chi connectivity index (χ0v) is 10.2. The van der Waals surface area contributed by atoms with E-state index in [2.05, 4.69) is 6.92 Å². The minimum absolute atomic E-state index is 0.139. The molecule has 4 bridgehead atoms. The Morgan fingerprint density at radius 3 is 1.81 bits per heavy atom. The SMILES string of the molecule is CC1COC2(OC1)C1CC3CC(C1)CC2C3. The van der Waals surface area contributed by atoms with Crippen LogP contribution in [0.4, 0.5) is 0 Å². The predicted molar refractivity (Wildman–Crippen MR) is 60.8 cm³/mol. The van der Waals surface area contributed by atoms with Gasteiger partial charge in [0.05, 0.1) is 13.2 Å². The van der Waals surface area contributed by atoms with E-state index in [9.17, 15) is 0 Å². The first kappa shape index (κ1) is 9.90. The fourth-order valence-electron chi connectivity index (χ4n) is 4.95. The fraction of sp³-hybridized carbons (Fsp3) is 1.00. The molecule has 1 spiro atoms. The van der Waals surface area contributed by atoms with Crippen molar-refractivity contribution in [3.05, 3.63) is 0 Å². The molecule has 4 aliphatic carbocycles. The predicted octanol–water partition coefficient (Wildman–Crippen LogP) is 2.82. The lowest BCUT2D eigenvalue weighted by molar-refractivity contribution is -0.367. The van der Waals surface area contributed by atoms with Crippen molar-refractivity contribution in [1.29, 1.82) is 0 Å². The Hall–Kier alpha value is -0.0800. The van der Waals surface area contributed by atoms with Crippen LogP contribution in [-0.4, -0.2) is 19.0 Å². The molecule has 0 unspecified atom stereocenters. The van der Waals surface area contributed by atoms with Crippen LogP contribution >= 0.6 is 0 Å². The molecule has 0 radical (unpaired) electrons. The van der Waals surface area contributed by atoms with Gasteiger partial charge in [-0.2, -0.15) is 0 Å². The fourth-order valence-corrected chi connectivity index (χ4v) is 4.95. The Morgan fingerprint density at radius 1 is 0.812 bits per heavy atom. The highest BCUT2D eigenvalue weighted by Crippen LogP contribution is 2.60. The van der Waals surface area contributed by atoms with E-state index in [1.54, 1.807) is 0 Å². The van der Waals surface area contributed by atoms with Gasteiger partial charge >= 0.3 is 0 Å². The molecule has 5 fully saturated rings. The van der Waals surface area contributed by atoms with Gasteiger partial charge in [-0.15, -0.1) is 0 Å². The summed E-state index contributed by atoms with van der Waals surface area (Å²) in [5.74, 6) is 3.88. The van der Waals surface area contributed by atoms with Crippen LogP contribution in [0.25, 0.3) is 0 Å². The third kappa shape index (κ3) is 1.20. The highest BCUT2D eigenvalue weighted by atomic mass is 16.7. The molecule has 0 N–H and O–H groups in total. The molecule has 5 aliphatic rings. The molecule has 16 heavy (non-hydrogen) atoms. The lowest BCUT2D eigenvalue weighted by Crippen LogP contribution is -2.62. The molecule has 4 saturated carbocycles. The highest BCUT2D eigenvalue weighted by Gasteiger charge is 2.60. The van der Waals surface area contributed by atoms with Gasteiger partial charge in [-0.05, 0) is 43.9 Å². The molecule has 0 atom stereocenters. The van der Waals surface area contributed by atoms with Gasteiger partial charge in [-0.1, -0.05) is 6.92 Å². The second kappa shape index (κ2) is 3.23. The maximum absolute atomic E-state index is 6.23. The van der Waals surface area contributed by atoms with Crippen LogP contribution in [0, 0.1) is 29.6 Å². The Morgan fingerprint density at radius 2 is 1.31 bits per heavy atom. The number of hydrogen-bond acceptors (Lipinski definition) is 2. The second-order valence-corrected chi connectivity index (χ2v) is 6.75. The largest absolute Gasteiger partial charge is 0.349 e. The topological polar surface area (TPSA) is 18.5 Å². The normalized spacial score (nSPS) is 59.4. The van der Waals surface area contributed by atoms with E-state index in [0.717, 1.165) is 36.9 Å². The van der Waals surface area contributed by atoms with Gasteiger partial charge in [-0.25, -0.2) is 0 Å². The molecular formula is C14H22O2. The van der Waals surface area contributed by atoms with Crippen molar-refractivity contribution in [3.63, 3.8) is 0 Å². The second-order valence-electron chi connectivity index (χ2n) is 6.75. The zero-order valence-electron chi connectivity index (χ0n) is 10.2. The molecule has 1 saturated heterocycles. The summed E-state index contributed by atoms with van der Waals surface area (Å²) < 4.78 is 12.5. The number of rotatable bonds is 0. The van der Waals surface area contributed by atoms with Gasteiger partial charge in [0, 0.05) is 17.8 Å². The Bertz CT molecular complexity index is 261. The molecule has 2 heteroatoms. The quantitative estimate of drug-likeness (QED) is 0.627. The maximum Gasteiger partial charge on any atom is 0.173 e. The van der Waals surface area contributed by atoms with Crippen molar-refractivity contribution in [2.24, 2.45) is 29.6 Å². The van der Waals surface area contributed by atoms with E-state index in [4.69, 9.17) is 9.47 Å². The lowest BCUT2D eigenvalue weighted by Gasteiger charge is -2.61. The van der Waals surface area contributed by atoms with Crippen LogP contribution in [0.5, 0.6) is 0 Å². The van der Waals surface area contributed by atoms with Gasteiger partial charge in [0.2, 0.25) is 0 Å². The molecule has 5 rings (SSSR count). The monoisotopic (exact) mass is 222 g/mol. The lowest BCUT2D eigenvalue weighted by atomic mass is 9.53. The van der Waals surface area contributed by atoms with Crippen molar-refractivity contribution in [2.75, 3.05) is 13.2 Å². The van der Waals surface area contributed by atoms with Crippen molar-refractivity contribution in [1.82, 2.24) is 0 Å². The van der Waals surface area contributed by atoms with Crippen LogP contribution in [0.3, 0.4) is 0 Å². The summed E-state index contributed by atoms with van der Waals surface area (Å²) in [4.78, 5) is 0. The zero-order chi connectivity index (χ0) is 10.8. The summed E-state index contributed by atoms with van der Waals surface area (Å²) in [5, 5.41) is 0. The van der Waals surface area contributed by atoms with Crippen LogP contribution in [0.2, 0.25) is 0 Å². The molecule has 2 nitrogen and oxygen atoms in total. The average Bonchev–Trinajstić information content (AvgIpc) is 2.27. The van der Waals surface area contributed by atoms with E-state index >= 15 is 0 Å². The third-order valence-corrected chi connectivity index (χ3v) is 5.46. The van der Waals surface area contributed by atoms with Gasteiger partial charge in [0.25, 0.3) is 0 Å². The van der Waals surface area contributed by atoms with Crippen molar-refractivity contribution < 1.29 is 9.47 Å². The molecule has 0 amide bonds.